The van der Waals surface area contributed by atoms with Crippen LogP contribution in [0.25, 0.3) is 0 Å². The van der Waals surface area contributed by atoms with Gasteiger partial charge in [-0.1, -0.05) is 26.0 Å². The van der Waals surface area contributed by atoms with Crippen molar-refractivity contribution in [3.63, 3.8) is 0 Å². The number of amides is 1. The predicted molar refractivity (Wildman–Crippen MR) is 120 cm³/mol. The molecule has 0 atom stereocenters. The van der Waals surface area contributed by atoms with E-state index in [1.54, 1.807) is 4.90 Å². The molecule has 2 aromatic rings. The summed E-state index contributed by atoms with van der Waals surface area (Å²) in [6, 6.07) is 8.22. The molecule has 1 aliphatic rings. The normalized spacial score (nSPS) is 19.5. The molecule has 7 heteroatoms. The molecule has 0 saturated heterocycles. The summed E-state index contributed by atoms with van der Waals surface area (Å²) in [4.78, 5) is 13.4. The molecule has 1 amide bonds. The third kappa shape index (κ3) is 5.38. The smallest absolute Gasteiger partial charge is 0.407 e. The molecular weight excluding hydrogens is 392 g/mol. The van der Waals surface area contributed by atoms with Crippen LogP contribution < -0.4 is 4.74 Å². The third-order valence-corrected chi connectivity index (χ3v) is 6.25. The van der Waals surface area contributed by atoms with Crippen molar-refractivity contribution in [2.24, 2.45) is 7.05 Å². The van der Waals surface area contributed by atoms with Crippen LogP contribution in [0.5, 0.6) is 5.75 Å². The number of ether oxygens (including phenoxy) is 1. The first-order valence-electron chi connectivity index (χ1n) is 11.2. The summed E-state index contributed by atoms with van der Waals surface area (Å²) in [5.74, 6) is 3.35. The topological polar surface area (TPSA) is 80.5 Å². The van der Waals surface area contributed by atoms with Crippen molar-refractivity contribution < 1.29 is 14.6 Å². The van der Waals surface area contributed by atoms with E-state index in [9.17, 15) is 9.90 Å². The Morgan fingerprint density at radius 2 is 1.90 bits per heavy atom. The molecule has 1 aromatic heterocycles. The molecule has 1 aromatic carbocycles. The van der Waals surface area contributed by atoms with Crippen molar-refractivity contribution in [3.05, 3.63) is 41.5 Å². The maximum absolute atomic E-state index is 11.8. The summed E-state index contributed by atoms with van der Waals surface area (Å²) < 4.78 is 8.02. The van der Waals surface area contributed by atoms with Gasteiger partial charge in [-0.3, -0.25) is 0 Å². The van der Waals surface area contributed by atoms with Gasteiger partial charge in [0.25, 0.3) is 0 Å². The molecule has 0 unspecified atom stereocenters. The van der Waals surface area contributed by atoms with Gasteiger partial charge >= 0.3 is 6.09 Å². The first-order valence-corrected chi connectivity index (χ1v) is 11.2. The van der Waals surface area contributed by atoms with Crippen LogP contribution in [-0.4, -0.2) is 42.4 Å². The second-order valence-corrected chi connectivity index (χ2v) is 9.88. The van der Waals surface area contributed by atoms with Crippen molar-refractivity contribution in [2.75, 3.05) is 0 Å². The van der Waals surface area contributed by atoms with E-state index in [-0.39, 0.29) is 6.04 Å². The Morgan fingerprint density at radius 1 is 1.23 bits per heavy atom. The van der Waals surface area contributed by atoms with Gasteiger partial charge in [0.05, 0.1) is 0 Å². The van der Waals surface area contributed by atoms with E-state index in [0.717, 1.165) is 43.1 Å². The van der Waals surface area contributed by atoms with Gasteiger partial charge in [0.1, 0.15) is 18.2 Å². The lowest BCUT2D eigenvalue weighted by Gasteiger charge is -2.42. The Bertz CT molecular complexity index is 892. The van der Waals surface area contributed by atoms with Crippen LogP contribution in [0.2, 0.25) is 0 Å². The monoisotopic (exact) mass is 428 g/mol. The molecule has 1 aliphatic carbocycles. The SMILES string of the molecule is CC(C)c1cccc(OCc2nnc(C3CCC(N(C(=O)O)C(C)(C)C)CC3)n2C)c1. The van der Waals surface area contributed by atoms with Crippen molar-refractivity contribution >= 4 is 6.09 Å². The highest BCUT2D eigenvalue weighted by atomic mass is 16.5. The van der Waals surface area contributed by atoms with E-state index in [4.69, 9.17) is 4.74 Å². The molecule has 0 spiro atoms. The van der Waals surface area contributed by atoms with Gasteiger partial charge in [-0.2, -0.15) is 0 Å². The predicted octanol–water partition coefficient (Wildman–Crippen LogP) is 5.32. The lowest BCUT2D eigenvalue weighted by molar-refractivity contribution is 0.0541. The summed E-state index contributed by atoms with van der Waals surface area (Å²) in [7, 11) is 1.99. The average molecular weight is 429 g/mol. The summed E-state index contributed by atoms with van der Waals surface area (Å²) in [6.45, 7) is 10.6. The Morgan fingerprint density at radius 3 is 2.48 bits per heavy atom. The lowest BCUT2D eigenvalue weighted by Crippen LogP contribution is -2.52. The van der Waals surface area contributed by atoms with E-state index in [0.29, 0.717) is 18.4 Å². The van der Waals surface area contributed by atoms with Gasteiger partial charge in [0.15, 0.2) is 5.82 Å². The van der Waals surface area contributed by atoms with E-state index in [1.807, 2.05) is 44.5 Å². The van der Waals surface area contributed by atoms with E-state index in [1.165, 1.54) is 5.56 Å². The molecule has 0 bridgehead atoms. The molecule has 1 saturated carbocycles. The van der Waals surface area contributed by atoms with Crippen molar-refractivity contribution in [1.29, 1.82) is 0 Å². The van der Waals surface area contributed by atoms with Crippen LogP contribution in [0.4, 0.5) is 4.79 Å². The minimum Gasteiger partial charge on any atom is -0.486 e. The Balaban J connectivity index is 1.62. The minimum atomic E-state index is -0.837. The van der Waals surface area contributed by atoms with E-state index < -0.39 is 11.6 Å². The third-order valence-electron chi connectivity index (χ3n) is 6.25. The van der Waals surface area contributed by atoms with Gasteiger partial charge < -0.3 is 19.3 Å². The van der Waals surface area contributed by atoms with Crippen molar-refractivity contribution in [2.45, 2.75) is 90.3 Å². The highest BCUT2D eigenvalue weighted by molar-refractivity contribution is 5.66. The fraction of sp³-hybridized carbons (Fsp3) is 0.625. The fourth-order valence-electron chi connectivity index (χ4n) is 4.55. The summed E-state index contributed by atoms with van der Waals surface area (Å²) in [5.41, 5.74) is 0.851. The first-order chi connectivity index (χ1) is 14.6. The van der Waals surface area contributed by atoms with Gasteiger partial charge in [0.2, 0.25) is 0 Å². The summed E-state index contributed by atoms with van der Waals surface area (Å²) >= 11 is 0. The molecule has 170 valence electrons. The highest BCUT2D eigenvalue weighted by Crippen LogP contribution is 2.36. The van der Waals surface area contributed by atoms with Crippen LogP contribution in [0.15, 0.2) is 24.3 Å². The van der Waals surface area contributed by atoms with Crippen LogP contribution in [0, 0.1) is 0 Å². The maximum Gasteiger partial charge on any atom is 0.407 e. The number of aromatic nitrogens is 3. The van der Waals surface area contributed by atoms with Crippen molar-refractivity contribution in [3.8, 4) is 5.75 Å². The van der Waals surface area contributed by atoms with Crippen LogP contribution in [0.1, 0.15) is 89.4 Å². The molecule has 3 rings (SSSR count). The molecule has 7 nitrogen and oxygen atoms in total. The number of carboxylic acid groups (broad SMARTS) is 1. The Hall–Kier alpha value is -2.57. The molecular formula is C24H36N4O3. The summed E-state index contributed by atoms with van der Waals surface area (Å²) in [6.07, 6.45) is 2.67. The van der Waals surface area contributed by atoms with Gasteiger partial charge in [-0.25, -0.2) is 4.79 Å². The number of carbonyl (C=O) groups is 1. The summed E-state index contributed by atoms with van der Waals surface area (Å²) in [5, 5.41) is 18.5. The molecule has 31 heavy (non-hydrogen) atoms. The highest BCUT2D eigenvalue weighted by Gasteiger charge is 2.36. The van der Waals surface area contributed by atoms with Crippen LogP contribution in [0.3, 0.4) is 0 Å². The lowest BCUT2D eigenvalue weighted by atomic mass is 9.83. The molecule has 0 radical (unpaired) electrons. The first kappa shape index (κ1) is 23.1. The quantitative estimate of drug-likeness (QED) is 0.673. The van der Waals surface area contributed by atoms with E-state index >= 15 is 0 Å². The van der Waals surface area contributed by atoms with Gasteiger partial charge in [-0.05, 0) is 70.1 Å². The Labute approximate surface area is 185 Å². The second kappa shape index (κ2) is 9.28. The van der Waals surface area contributed by atoms with Crippen molar-refractivity contribution in [1.82, 2.24) is 19.7 Å². The average Bonchev–Trinajstić information content (AvgIpc) is 3.06. The fourth-order valence-corrected chi connectivity index (χ4v) is 4.55. The molecule has 1 N–H and O–H groups in total. The zero-order valence-electron chi connectivity index (χ0n) is 19.6. The second-order valence-electron chi connectivity index (χ2n) is 9.88. The molecule has 1 fully saturated rings. The van der Waals surface area contributed by atoms with Gasteiger partial charge in [-0.15, -0.1) is 10.2 Å². The zero-order chi connectivity index (χ0) is 22.8. The molecule has 1 heterocycles. The van der Waals surface area contributed by atoms with Gasteiger partial charge in [0, 0.05) is 24.5 Å². The number of hydrogen-bond acceptors (Lipinski definition) is 4. The number of nitrogens with zero attached hydrogens (tertiary/aromatic N) is 4. The number of hydrogen-bond donors (Lipinski definition) is 1. The van der Waals surface area contributed by atoms with Crippen LogP contribution >= 0.6 is 0 Å². The minimum absolute atomic E-state index is 0.0537. The molecule has 0 aliphatic heterocycles. The largest absolute Gasteiger partial charge is 0.486 e. The van der Waals surface area contributed by atoms with E-state index in [2.05, 4.69) is 36.2 Å². The maximum atomic E-state index is 11.8. The van der Waals surface area contributed by atoms with Crippen LogP contribution in [-0.2, 0) is 13.7 Å². The Kier molecular flexibility index (Phi) is 6.92. The standard InChI is InChI=1S/C24H36N4O3/c1-16(2)18-8-7-9-20(14-18)31-15-21-25-26-22(27(21)6)17-10-12-19(13-11-17)28(23(29)30)24(3,4)5/h7-9,14,16-17,19H,10-13,15H2,1-6H3,(H,29,30). The number of rotatable bonds is 6. The number of benzene rings is 1. The zero-order valence-corrected chi connectivity index (χ0v) is 19.6.